The molecule has 0 atom stereocenters. The molecule has 0 amide bonds. The first kappa shape index (κ1) is 15.2. The number of rotatable bonds is 5. The minimum atomic E-state index is 0.152. The van der Waals surface area contributed by atoms with Gasteiger partial charge in [-0.1, -0.05) is 0 Å². The van der Waals surface area contributed by atoms with Crippen molar-refractivity contribution in [2.75, 3.05) is 20.3 Å². The minimum Gasteiger partial charge on any atom is -0.491 e. The Hall–Kier alpha value is -2.69. The Labute approximate surface area is 137 Å². The van der Waals surface area contributed by atoms with E-state index in [-0.39, 0.29) is 5.28 Å². The van der Waals surface area contributed by atoms with Gasteiger partial charge >= 0.3 is 0 Å². The molecule has 0 fully saturated rings. The molecule has 7 nitrogen and oxygen atoms in total. The standard InChI is InChI=1S/C15H12ClN5O2/c1-22-4-5-23-12-7-10(9-17)6-11(8-12)21-3-2-13-14(20-21)19-15(16)18-13/h2-3,6-8H,4-5H2,1H3. The Bertz CT molecular complexity index is 842. The molecule has 23 heavy (non-hydrogen) atoms. The van der Waals surface area contributed by atoms with Gasteiger partial charge < -0.3 is 9.47 Å². The molecule has 1 aromatic carbocycles. The molecule has 2 heterocycles. The molecule has 0 spiro atoms. The normalized spacial score (nSPS) is 10.7. The highest BCUT2D eigenvalue weighted by atomic mass is 35.5. The second kappa shape index (κ2) is 6.60. The van der Waals surface area contributed by atoms with Crippen LogP contribution in [0.2, 0.25) is 5.28 Å². The molecule has 0 saturated carbocycles. The van der Waals surface area contributed by atoms with Gasteiger partial charge in [-0.25, -0.2) is 9.67 Å². The van der Waals surface area contributed by atoms with E-state index in [1.165, 1.54) is 0 Å². The zero-order valence-corrected chi connectivity index (χ0v) is 13.0. The van der Waals surface area contributed by atoms with Crippen LogP contribution in [-0.2, 0) is 4.74 Å². The molecule has 2 aliphatic rings. The van der Waals surface area contributed by atoms with Crippen LogP contribution >= 0.6 is 11.6 Å². The van der Waals surface area contributed by atoms with E-state index in [4.69, 9.17) is 21.1 Å². The molecule has 3 rings (SSSR count). The largest absolute Gasteiger partial charge is 0.491 e. The average Bonchev–Trinajstić information content (AvgIpc) is 2.94. The van der Waals surface area contributed by atoms with Crippen molar-refractivity contribution < 1.29 is 9.47 Å². The number of methoxy groups -OCH3 is 1. The van der Waals surface area contributed by atoms with Crippen LogP contribution in [0.5, 0.6) is 5.75 Å². The lowest BCUT2D eigenvalue weighted by Crippen LogP contribution is -2.06. The Kier molecular flexibility index (Phi) is 4.37. The number of aromatic nitrogens is 4. The van der Waals surface area contributed by atoms with Crippen LogP contribution in [0.3, 0.4) is 0 Å². The third-order valence-electron chi connectivity index (χ3n) is 3.06. The molecule has 1 aromatic rings. The monoisotopic (exact) mass is 329 g/mol. The lowest BCUT2D eigenvalue weighted by Gasteiger charge is -2.10. The van der Waals surface area contributed by atoms with Gasteiger partial charge in [0.2, 0.25) is 11.1 Å². The fourth-order valence-corrected chi connectivity index (χ4v) is 2.20. The molecule has 116 valence electrons. The maximum absolute atomic E-state index is 9.18. The van der Waals surface area contributed by atoms with E-state index in [0.29, 0.717) is 41.7 Å². The first-order chi connectivity index (χ1) is 11.2. The molecule has 0 aliphatic carbocycles. The Morgan fingerprint density at radius 3 is 2.91 bits per heavy atom. The van der Waals surface area contributed by atoms with Gasteiger partial charge in [0.15, 0.2) is 0 Å². The van der Waals surface area contributed by atoms with Gasteiger partial charge in [0.25, 0.3) is 0 Å². The molecule has 0 bridgehead atoms. The van der Waals surface area contributed by atoms with Crippen molar-refractivity contribution in [2.45, 2.75) is 0 Å². The number of hydrogen-bond donors (Lipinski definition) is 0. The van der Waals surface area contributed by atoms with E-state index in [1.807, 2.05) is 0 Å². The fraction of sp³-hybridized carbons (Fsp3) is 0.200. The van der Waals surface area contributed by atoms with E-state index < -0.39 is 0 Å². The van der Waals surface area contributed by atoms with Crippen LogP contribution in [0.25, 0.3) is 17.2 Å². The molecule has 0 radical (unpaired) electrons. The second-order valence-corrected chi connectivity index (χ2v) is 4.97. The molecule has 2 aliphatic heterocycles. The first-order valence-corrected chi connectivity index (χ1v) is 7.13. The van der Waals surface area contributed by atoms with Gasteiger partial charge in [-0.3, -0.25) is 0 Å². The number of ether oxygens (including phenoxy) is 2. The smallest absolute Gasteiger partial charge is 0.225 e. The summed E-state index contributed by atoms with van der Waals surface area (Å²) in [6.45, 7) is 0.858. The average molecular weight is 330 g/mol. The first-order valence-electron chi connectivity index (χ1n) is 6.76. The summed E-state index contributed by atoms with van der Waals surface area (Å²) >= 11 is 5.78. The number of benzene rings is 1. The summed E-state index contributed by atoms with van der Waals surface area (Å²) in [6, 6.07) is 9.02. The van der Waals surface area contributed by atoms with E-state index >= 15 is 0 Å². The lowest BCUT2D eigenvalue weighted by atomic mass is 10.2. The van der Waals surface area contributed by atoms with Crippen molar-refractivity contribution >= 4 is 11.6 Å². The SMILES string of the molecule is COCCOc1cc(C#N)cc(-n2ccc3nc(Cl)nc-3n2)c1. The molecule has 0 saturated heterocycles. The van der Waals surface area contributed by atoms with Crippen molar-refractivity contribution in [3.8, 4) is 29.0 Å². The summed E-state index contributed by atoms with van der Waals surface area (Å²) in [7, 11) is 1.60. The number of hydrogen-bond acceptors (Lipinski definition) is 6. The molecular weight excluding hydrogens is 318 g/mol. The van der Waals surface area contributed by atoms with Gasteiger partial charge in [0.1, 0.15) is 18.1 Å². The summed E-state index contributed by atoms with van der Waals surface area (Å²) in [4.78, 5) is 8.07. The van der Waals surface area contributed by atoms with Crippen molar-refractivity contribution in [3.05, 3.63) is 41.3 Å². The van der Waals surface area contributed by atoms with Crippen LogP contribution < -0.4 is 4.74 Å². The molecule has 0 unspecified atom stereocenters. The van der Waals surface area contributed by atoms with Gasteiger partial charge in [-0.2, -0.15) is 10.2 Å². The lowest BCUT2D eigenvalue weighted by molar-refractivity contribution is 0.146. The Balaban J connectivity index is 1.98. The molecule has 0 aromatic heterocycles. The van der Waals surface area contributed by atoms with Crippen molar-refractivity contribution in [1.29, 1.82) is 5.26 Å². The minimum absolute atomic E-state index is 0.152. The van der Waals surface area contributed by atoms with E-state index in [1.54, 1.807) is 42.3 Å². The van der Waals surface area contributed by atoms with E-state index in [0.717, 1.165) is 0 Å². The highest BCUT2D eigenvalue weighted by Crippen LogP contribution is 2.22. The highest BCUT2D eigenvalue weighted by molar-refractivity contribution is 6.28. The summed E-state index contributed by atoms with van der Waals surface area (Å²) in [6.07, 6.45) is 1.72. The van der Waals surface area contributed by atoms with Crippen molar-refractivity contribution in [1.82, 2.24) is 19.7 Å². The number of halogens is 1. The highest BCUT2D eigenvalue weighted by Gasteiger charge is 2.12. The zero-order chi connectivity index (χ0) is 16.2. The third kappa shape index (κ3) is 3.39. The van der Waals surface area contributed by atoms with Crippen LogP contribution in [-0.4, -0.2) is 40.1 Å². The van der Waals surface area contributed by atoms with Crippen LogP contribution in [0.15, 0.2) is 30.5 Å². The van der Waals surface area contributed by atoms with E-state index in [9.17, 15) is 5.26 Å². The van der Waals surface area contributed by atoms with Gasteiger partial charge in [-0.15, -0.1) is 5.10 Å². The Morgan fingerprint density at radius 2 is 2.13 bits per heavy atom. The number of nitriles is 1. The van der Waals surface area contributed by atoms with Crippen LogP contribution in [0.1, 0.15) is 5.56 Å². The number of fused-ring (bicyclic) bond motifs is 1. The third-order valence-corrected chi connectivity index (χ3v) is 3.23. The predicted molar refractivity (Wildman–Crippen MR) is 82.9 cm³/mol. The molecule has 8 heteroatoms. The maximum atomic E-state index is 9.18. The van der Waals surface area contributed by atoms with Crippen molar-refractivity contribution in [2.24, 2.45) is 0 Å². The summed E-state index contributed by atoms with van der Waals surface area (Å²) in [5, 5.41) is 13.7. The van der Waals surface area contributed by atoms with Crippen LogP contribution in [0, 0.1) is 11.3 Å². The Morgan fingerprint density at radius 1 is 1.26 bits per heavy atom. The number of nitrogens with zero attached hydrogens (tertiary/aromatic N) is 5. The number of imidazole rings is 1. The molecular formula is C15H12ClN5O2. The van der Waals surface area contributed by atoms with Crippen LogP contribution in [0.4, 0.5) is 0 Å². The van der Waals surface area contributed by atoms with Gasteiger partial charge in [0.05, 0.1) is 23.9 Å². The van der Waals surface area contributed by atoms with Gasteiger partial charge in [-0.05, 0) is 29.8 Å². The maximum Gasteiger partial charge on any atom is 0.225 e. The quantitative estimate of drug-likeness (QED) is 0.668. The van der Waals surface area contributed by atoms with Gasteiger partial charge in [0, 0.05) is 19.4 Å². The summed E-state index contributed by atoms with van der Waals surface area (Å²) < 4.78 is 12.1. The summed E-state index contributed by atoms with van der Waals surface area (Å²) in [5.74, 6) is 0.999. The van der Waals surface area contributed by atoms with Crippen molar-refractivity contribution in [3.63, 3.8) is 0 Å². The van der Waals surface area contributed by atoms with E-state index in [2.05, 4.69) is 21.1 Å². The molecule has 0 N–H and O–H groups in total. The second-order valence-electron chi connectivity index (χ2n) is 4.63. The fourth-order valence-electron chi connectivity index (χ4n) is 2.03. The topological polar surface area (TPSA) is 85.9 Å². The predicted octanol–water partition coefficient (Wildman–Crippen LogP) is 2.32. The summed E-state index contributed by atoms with van der Waals surface area (Å²) in [5.41, 5.74) is 1.76. The zero-order valence-electron chi connectivity index (χ0n) is 12.2.